The summed E-state index contributed by atoms with van der Waals surface area (Å²) in [6, 6.07) is 14.0. The van der Waals surface area contributed by atoms with E-state index in [1.165, 1.54) is 24.2 Å². The second-order valence-electron chi connectivity index (χ2n) is 8.40. The minimum absolute atomic E-state index is 0.139. The first-order chi connectivity index (χ1) is 16.0. The summed E-state index contributed by atoms with van der Waals surface area (Å²) >= 11 is 1.36. The second-order valence-corrected chi connectivity index (χ2v) is 11.2. The average Bonchev–Trinajstić information content (AvgIpc) is 3.49. The third-order valence-electron chi connectivity index (χ3n) is 6.29. The number of carbonyl (C=O) groups is 1. The molecule has 1 amide bonds. The monoisotopic (exact) mass is 483 g/mol. The highest BCUT2D eigenvalue weighted by Crippen LogP contribution is 2.47. The topological polar surface area (TPSA) is 81.7 Å². The minimum Gasteiger partial charge on any atom is -0.493 e. The maximum atomic E-state index is 13.2. The summed E-state index contributed by atoms with van der Waals surface area (Å²) in [7, 11) is -2.14. The van der Waals surface area contributed by atoms with Crippen molar-refractivity contribution in [2.75, 3.05) is 12.4 Å². The predicted molar refractivity (Wildman–Crippen MR) is 127 cm³/mol. The zero-order valence-corrected chi connectivity index (χ0v) is 19.9. The van der Waals surface area contributed by atoms with E-state index >= 15 is 0 Å². The van der Waals surface area contributed by atoms with Crippen molar-refractivity contribution in [3.05, 3.63) is 64.4 Å². The van der Waals surface area contributed by atoms with Crippen LogP contribution in [0.2, 0.25) is 0 Å². The van der Waals surface area contributed by atoms with E-state index in [-0.39, 0.29) is 34.1 Å². The summed E-state index contributed by atoms with van der Waals surface area (Å²) < 4.78 is 38.2. The lowest BCUT2D eigenvalue weighted by molar-refractivity contribution is -0.116. The van der Waals surface area contributed by atoms with E-state index < -0.39 is 9.84 Å². The minimum atomic E-state index is -3.75. The normalized spacial score (nSPS) is 18.6. The predicted octanol–water partition coefficient (Wildman–Crippen LogP) is 5.39. The number of fused-ring (bicyclic) bond motifs is 1. The standard InChI is InChI=1S/C25H25NO5S2/c1-30-21-13-16(11-12-20(21)31-17-7-5-6-8-17)19-14-23(27)26-24-22(15-32-25(19)24)33(28,29)18-9-3-2-4-10-18/h2-4,9-13,15,17,19H,5-8,14H2,1H3,(H,26,27). The average molecular weight is 484 g/mol. The largest absolute Gasteiger partial charge is 0.493 e. The van der Waals surface area contributed by atoms with Crippen LogP contribution in [0.15, 0.2) is 63.7 Å². The van der Waals surface area contributed by atoms with Gasteiger partial charge in [0, 0.05) is 22.6 Å². The molecule has 0 saturated heterocycles. The fraction of sp³-hybridized carbons (Fsp3) is 0.320. The molecule has 33 heavy (non-hydrogen) atoms. The number of anilines is 1. The van der Waals surface area contributed by atoms with E-state index in [0.29, 0.717) is 17.2 Å². The van der Waals surface area contributed by atoms with Gasteiger partial charge in [0.2, 0.25) is 15.7 Å². The van der Waals surface area contributed by atoms with Gasteiger partial charge in [0.25, 0.3) is 0 Å². The molecule has 0 bridgehead atoms. The molecule has 1 unspecified atom stereocenters. The Morgan fingerprint density at radius 3 is 2.52 bits per heavy atom. The summed E-state index contributed by atoms with van der Waals surface area (Å²) in [5, 5.41) is 4.43. The fourth-order valence-corrected chi connectivity index (χ4v) is 7.51. The summed E-state index contributed by atoms with van der Waals surface area (Å²) in [4.78, 5) is 13.8. The first-order valence-corrected chi connectivity index (χ1v) is 13.4. The number of hydrogen-bond donors (Lipinski definition) is 1. The molecule has 3 aromatic rings. The third kappa shape index (κ3) is 4.13. The van der Waals surface area contributed by atoms with E-state index in [0.717, 1.165) is 23.3 Å². The summed E-state index contributed by atoms with van der Waals surface area (Å²) in [6.07, 6.45) is 4.90. The van der Waals surface area contributed by atoms with Gasteiger partial charge in [-0.15, -0.1) is 11.3 Å². The number of nitrogens with one attached hydrogen (secondary N) is 1. The van der Waals surface area contributed by atoms with Crippen LogP contribution in [0.25, 0.3) is 0 Å². The molecule has 1 fully saturated rings. The van der Waals surface area contributed by atoms with Crippen LogP contribution in [0.5, 0.6) is 11.5 Å². The molecule has 2 heterocycles. The quantitative estimate of drug-likeness (QED) is 0.509. The lowest BCUT2D eigenvalue weighted by Crippen LogP contribution is -2.23. The Balaban J connectivity index is 1.51. The number of ether oxygens (including phenoxy) is 2. The molecule has 2 aromatic carbocycles. The number of thiophene rings is 1. The number of hydrogen-bond acceptors (Lipinski definition) is 6. The number of rotatable bonds is 6. The number of sulfone groups is 1. The molecule has 2 aliphatic rings. The van der Waals surface area contributed by atoms with Gasteiger partial charge < -0.3 is 14.8 Å². The lowest BCUT2D eigenvalue weighted by Gasteiger charge is -2.25. The van der Waals surface area contributed by atoms with Crippen LogP contribution in [0.1, 0.15) is 48.5 Å². The Kier molecular flexibility index (Phi) is 5.88. The molecule has 172 valence electrons. The summed E-state index contributed by atoms with van der Waals surface area (Å²) in [5.74, 6) is 0.862. The molecule has 5 rings (SSSR count). The lowest BCUT2D eigenvalue weighted by atomic mass is 9.90. The molecule has 6 nitrogen and oxygen atoms in total. The van der Waals surface area contributed by atoms with Gasteiger partial charge in [0.15, 0.2) is 11.5 Å². The van der Waals surface area contributed by atoms with Gasteiger partial charge in [-0.25, -0.2) is 8.42 Å². The van der Waals surface area contributed by atoms with Crippen molar-refractivity contribution in [3.63, 3.8) is 0 Å². The molecule has 0 spiro atoms. The maximum Gasteiger partial charge on any atom is 0.225 e. The van der Waals surface area contributed by atoms with Gasteiger partial charge in [-0.3, -0.25) is 4.79 Å². The van der Waals surface area contributed by atoms with Crippen LogP contribution in [0, 0.1) is 0 Å². The molecule has 1 aromatic heterocycles. The Morgan fingerprint density at radius 1 is 1.03 bits per heavy atom. The van der Waals surface area contributed by atoms with E-state index in [4.69, 9.17) is 9.47 Å². The van der Waals surface area contributed by atoms with E-state index in [1.807, 2.05) is 18.2 Å². The first-order valence-electron chi connectivity index (χ1n) is 11.0. The second kappa shape index (κ2) is 8.83. The zero-order chi connectivity index (χ0) is 23.0. The van der Waals surface area contributed by atoms with Gasteiger partial charge in [-0.05, 0) is 55.5 Å². The van der Waals surface area contributed by atoms with Crippen molar-refractivity contribution in [2.45, 2.75) is 53.9 Å². The molecule has 1 aliphatic heterocycles. The van der Waals surface area contributed by atoms with Crippen molar-refractivity contribution in [1.29, 1.82) is 0 Å². The van der Waals surface area contributed by atoms with Gasteiger partial charge in [-0.1, -0.05) is 24.3 Å². The number of carbonyl (C=O) groups excluding carboxylic acids is 1. The molecule has 1 saturated carbocycles. The van der Waals surface area contributed by atoms with Crippen LogP contribution >= 0.6 is 11.3 Å². The molecular weight excluding hydrogens is 458 g/mol. The van der Waals surface area contributed by atoms with Crippen LogP contribution < -0.4 is 14.8 Å². The molecule has 1 aliphatic carbocycles. The van der Waals surface area contributed by atoms with Crippen molar-refractivity contribution in [3.8, 4) is 11.5 Å². The SMILES string of the molecule is COc1cc(C2CC(=O)Nc3c(S(=O)(=O)c4ccccc4)csc32)ccc1OC1CCCC1. The highest BCUT2D eigenvalue weighted by atomic mass is 32.2. The zero-order valence-electron chi connectivity index (χ0n) is 18.2. The van der Waals surface area contributed by atoms with Crippen molar-refractivity contribution >= 4 is 32.8 Å². The van der Waals surface area contributed by atoms with E-state index in [1.54, 1.807) is 42.8 Å². The number of methoxy groups -OCH3 is 1. The molecule has 1 atom stereocenters. The van der Waals surface area contributed by atoms with Crippen LogP contribution in [0.3, 0.4) is 0 Å². The van der Waals surface area contributed by atoms with E-state index in [9.17, 15) is 13.2 Å². The maximum absolute atomic E-state index is 13.2. The number of amides is 1. The Morgan fingerprint density at radius 2 is 1.79 bits per heavy atom. The first kappa shape index (κ1) is 22.0. The third-order valence-corrected chi connectivity index (χ3v) is 9.32. The number of benzene rings is 2. The van der Waals surface area contributed by atoms with Crippen LogP contribution in [-0.4, -0.2) is 27.5 Å². The highest BCUT2D eigenvalue weighted by molar-refractivity contribution is 7.91. The van der Waals surface area contributed by atoms with Crippen molar-refractivity contribution < 1.29 is 22.7 Å². The Labute approximate surface area is 197 Å². The van der Waals surface area contributed by atoms with Crippen molar-refractivity contribution in [1.82, 2.24) is 0 Å². The smallest absolute Gasteiger partial charge is 0.225 e. The van der Waals surface area contributed by atoms with Gasteiger partial charge in [-0.2, -0.15) is 0 Å². The van der Waals surface area contributed by atoms with Gasteiger partial charge >= 0.3 is 0 Å². The molecule has 1 N–H and O–H groups in total. The Hall–Kier alpha value is -2.84. The molecule has 0 radical (unpaired) electrons. The summed E-state index contributed by atoms with van der Waals surface area (Å²) in [5.41, 5.74) is 1.28. The van der Waals surface area contributed by atoms with Gasteiger partial charge in [0.1, 0.15) is 4.90 Å². The summed E-state index contributed by atoms with van der Waals surface area (Å²) in [6.45, 7) is 0. The fourth-order valence-electron chi connectivity index (χ4n) is 4.58. The van der Waals surface area contributed by atoms with Crippen molar-refractivity contribution in [2.24, 2.45) is 0 Å². The molecule has 8 heteroatoms. The van der Waals surface area contributed by atoms with E-state index in [2.05, 4.69) is 5.32 Å². The van der Waals surface area contributed by atoms with Crippen LogP contribution in [-0.2, 0) is 14.6 Å². The molecular formula is C25H25NO5S2. The van der Waals surface area contributed by atoms with Crippen LogP contribution in [0.4, 0.5) is 5.69 Å². The highest BCUT2D eigenvalue weighted by Gasteiger charge is 2.34. The Bertz CT molecular complexity index is 1280. The van der Waals surface area contributed by atoms with Gasteiger partial charge in [0.05, 0.1) is 23.8 Å².